The Balaban J connectivity index is 1.89. The van der Waals surface area contributed by atoms with E-state index in [-0.39, 0.29) is 21.4 Å². The van der Waals surface area contributed by atoms with E-state index in [1.165, 1.54) is 30.9 Å². The Labute approximate surface area is 228 Å². The number of aromatic nitrogens is 1. The summed E-state index contributed by atoms with van der Waals surface area (Å²) in [4.78, 5) is 42.6. The van der Waals surface area contributed by atoms with Gasteiger partial charge in [0, 0.05) is 6.07 Å². The highest BCUT2D eigenvalue weighted by Crippen LogP contribution is 2.36. The van der Waals surface area contributed by atoms with Crippen LogP contribution < -0.4 is 24.4 Å². The molecule has 2 heterocycles. The standard InChI is InChI=1S/C28H29N3O7S/c1-16(2)12-13-38-21-11-10-19(14-22(21)36-4)25-24(27(33)37-5)17(3)29-28-30(25)26(32)23(39-28)15-18-8-6-7-9-20(18)31(34)35/h6-11,14-16,25H,12-13H2,1-5H3/b23-15-. The van der Waals surface area contributed by atoms with E-state index in [1.807, 2.05) is 0 Å². The number of nitrogens with zero attached hydrogens (tertiary/aromatic N) is 3. The average molecular weight is 552 g/mol. The zero-order chi connectivity index (χ0) is 28.3. The van der Waals surface area contributed by atoms with Crippen LogP contribution in [-0.2, 0) is 9.53 Å². The summed E-state index contributed by atoms with van der Waals surface area (Å²) in [6, 6.07) is 10.6. The zero-order valence-electron chi connectivity index (χ0n) is 22.3. The number of para-hydroxylation sites is 1. The minimum Gasteiger partial charge on any atom is -0.493 e. The molecular weight excluding hydrogens is 522 g/mol. The molecule has 39 heavy (non-hydrogen) atoms. The number of methoxy groups -OCH3 is 2. The van der Waals surface area contributed by atoms with Crippen LogP contribution in [0.5, 0.6) is 11.5 Å². The first-order valence-electron chi connectivity index (χ1n) is 12.3. The van der Waals surface area contributed by atoms with Crippen LogP contribution in [-0.4, -0.2) is 36.3 Å². The van der Waals surface area contributed by atoms with Crippen molar-refractivity contribution in [1.82, 2.24) is 4.57 Å². The number of esters is 1. The minimum absolute atomic E-state index is 0.121. The highest BCUT2D eigenvalue weighted by molar-refractivity contribution is 7.07. The number of nitro benzene ring substituents is 1. The van der Waals surface area contributed by atoms with Crippen molar-refractivity contribution in [3.05, 3.63) is 94.7 Å². The number of benzene rings is 2. The summed E-state index contributed by atoms with van der Waals surface area (Å²) in [7, 11) is 2.79. The molecule has 0 spiro atoms. The molecule has 0 radical (unpaired) electrons. The monoisotopic (exact) mass is 551 g/mol. The third kappa shape index (κ3) is 5.63. The highest BCUT2D eigenvalue weighted by atomic mass is 32.1. The van der Waals surface area contributed by atoms with Crippen LogP contribution in [0.3, 0.4) is 0 Å². The van der Waals surface area contributed by atoms with Gasteiger partial charge in [-0.3, -0.25) is 19.5 Å². The van der Waals surface area contributed by atoms with Crippen molar-refractivity contribution < 1.29 is 23.9 Å². The Morgan fingerprint density at radius 3 is 2.62 bits per heavy atom. The molecule has 11 heteroatoms. The van der Waals surface area contributed by atoms with Gasteiger partial charge in [-0.25, -0.2) is 9.79 Å². The van der Waals surface area contributed by atoms with Gasteiger partial charge >= 0.3 is 5.97 Å². The van der Waals surface area contributed by atoms with Crippen LogP contribution in [0.1, 0.15) is 44.4 Å². The molecule has 204 valence electrons. The van der Waals surface area contributed by atoms with E-state index in [0.29, 0.717) is 40.1 Å². The number of fused-ring (bicyclic) bond motifs is 1. The SMILES string of the molecule is COC(=O)C1=C(C)N=c2s/c(=C\c3ccccc3[N+](=O)[O-])c(=O)n2C1c1ccc(OCCC(C)C)c(OC)c1. The maximum atomic E-state index is 13.8. The minimum atomic E-state index is -0.861. The first kappa shape index (κ1) is 27.8. The number of ether oxygens (including phenoxy) is 3. The Bertz CT molecular complexity index is 1640. The van der Waals surface area contributed by atoms with Crippen molar-refractivity contribution in [2.75, 3.05) is 20.8 Å². The lowest BCUT2D eigenvalue weighted by molar-refractivity contribution is -0.385. The lowest BCUT2D eigenvalue weighted by atomic mass is 9.95. The molecule has 4 rings (SSSR count). The predicted molar refractivity (Wildman–Crippen MR) is 147 cm³/mol. The molecular formula is C28H29N3O7S. The van der Waals surface area contributed by atoms with Gasteiger partial charge in [-0.1, -0.05) is 43.4 Å². The van der Waals surface area contributed by atoms with Gasteiger partial charge in [0.25, 0.3) is 11.2 Å². The van der Waals surface area contributed by atoms with Gasteiger partial charge in [0.05, 0.1) is 53.2 Å². The van der Waals surface area contributed by atoms with E-state index in [2.05, 4.69) is 18.8 Å². The van der Waals surface area contributed by atoms with Crippen molar-refractivity contribution in [1.29, 1.82) is 0 Å². The third-order valence-electron chi connectivity index (χ3n) is 6.30. The fraction of sp³-hybridized carbons (Fsp3) is 0.321. The van der Waals surface area contributed by atoms with E-state index in [9.17, 15) is 19.7 Å². The number of carbonyl (C=O) groups is 1. The first-order valence-corrected chi connectivity index (χ1v) is 13.1. The Morgan fingerprint density at radius 2 is 1.95 bits per heavy atom. The second-order valence-electron chi connectivity index (χ2n) is 9.33. The lowest BCUT2D eigenvalue weighted by Crippen LogP contribution is -2.39. The van der Waals surface area contributed by atoms with Crippen LogP contribution in [0, 0.1) is 16.0 Å². The number of nitro groups is 1. The summed E-state index contributed by atoms with van der Waals surface area (Å²) < 4.78 is 18.2. The van der Waals surface area contributed by atoms with Crippen LogP contribution >= 0.6 is 11.3 Å². The maximum absolute atomic E-state index is 13.8. The average Bonchev–Trinajstić information content (AvgIpc) is 3.21. The van der Waals surface area contributed by atoms with Gasteiger partial charge in [-0.2, -0.15) is 0 Å². The fourth-order valence-electron chi connectivity index (χ4n) is 4.30. The number of hydrogen-bond acceptors (Lipinski definition) is 9. The molecule has 0 fully saturated rings. The zero-order valence-corrected chi connectivity index (χ0v) is 23.1. The van der Waals surface area contributed by atoms with E-state index >= 15 is 0 Å². The molecule has 3 aromatic rings. The molecule has 0 bridgehead atoms. The molecule has 1 unspecified atom stereocenters. The summed E-state index contributed by atoms with van der Waals surface area (Å²) in [5.41, 5.74) is 0.935. The Kier molecular flexibility index (Phi) is 8.29. The van der Waals surface area contributed by atoms with Gasteiger partial charge in [-0.05, 0) is 49.1 Å². The van der Waals surface area contributed by atoms with Crippen molar-refractivity contribution in [2.45, 2.75) is 33.2 Å². The van der Waals surface area contributed by atoms with E-state index in [4.69, 9.17) is 14.2 Å². The van der Waals surface area contributed by atoms with Gasteiger partial charge in [-0.15, -0.1) is 0 Å². The summed E-state index contributed by atoms with van der Waals surface area (Å²) in [6.07, 6.45) is 2.35. The molecule has 1 atom stereocenters. The molecule has 0 saturated carbocycles. The summed E-state index contributed by atoms with van der Waals surface area (Å²) in [6.45, 7) is 6.41. The number of rotatable bonds is 9. The Hall–Kier alpha value is -4.25. The normalized spacial score (nSPS) is 15.1. The molecule has 1 aliphatic rings. The first-order chi connectivity index (χ1) is 18.7. The van der Waals surface area contributed by atoms with E-state index < -0.39 is 22.5 Å². The van der Waals surface area contributed by atoms with Crippen molar-refractivity contribution in [3.63, 3.8) is 0 Å². The maximum Gasteiger partial charge on any atom is 0.338 e. The van der Waals surface area contributed by atoms with Gasteiger partial charge < -0.3 is 14.2 Å². The molecule has 0 aliphatic carbocycles. The highest BCUT2D eigenvalue weighted by Gasteiger charge is 2.33. The van der Waals surface area contributed by atoms with E-state index in [0.717, 1.165) is 17.8 Å². The van der Waals surface area contributed by atoms with Crippen LogP contribution in [0.15, 0.2) is 63.5 Å². The lowest BCUT2D eigenvalue weighted by Gasteiger charge is -2.25. The molecule has 10 nitrogen and oxygen atoms in total. The molecule has 1 aromatic heterocycles. The van der Waals surface area contributed by atoms with Gasteiger partial charge in [0.1, 0.15) is 0 Å². The summed E-state index contributed by atoms with van der Waals surface area (Å²) in [5.74, 6) is 0.859. The van der Waals surface area contributed by atoms with Crippen LogP contribution in [0.25, 0.3) is 6.08 Å². The molecule has 0 amide bonds. The Morgan fingerprint density at radius 1 is 1.21 bits per heavy atom. The number of carbonyl (C=O) groups excluding carboxylic acids is 1. The van der Waals surface area contributed by atoms with Crippen molar-refractivity contribution in [3.8, 4) is 11.5 Å². The molecule has 0 saturated heterocycles. The fourth-order valence-corrected chi connectivity index (χ4v) is 5.34. The number of allylic oxidation sites excluding steroid dienone is 1. The smallest absolute Gasteiger partial charge is 0.338 e. The third-order valence-corrected chi connectivity index (χ3v) is 7.29. The summed E-state index contributed by atoms with van der Waals surface area (Å²) >= 11 is 1.09. The van der Waals surface area contributed by atoms with Crippen LogP contribution in [0.2, 0.25) is 0 Å². The number of hydrogen-bond donors (Lipinski definition) is 0. The van der Waals surface area contributed by atoms with Crippen molar-refractivity contribution >= 4 is 29.1 Å². The molecule has 1 aliphatic heterocycles. The van der Waals surface area contributed by atoms with Gasteiger partial charge in [0.15, 0.2) is 16.3 Å². The number of thiazole rings is 1. The molecule has 0 N–H and O–H groups in total. The van der Waals surface area contributed by atoms with Gasteiger partial charge in [0.2, 0.25) is 0 Å². The van der Waals surface area contributed by atoms with E-state index in [1.54, 1.807) is 43.3 Å². The predicted octanol–water partition coefficient (Wildman–Crippen LogP) is 3.75. The largest absolute Gasteiger partial charge is 0.493 e. The topological polar surface area (TPSA) is 122 Å². The quantitative estimate of drug-likeness (QED) is 0.225. The van der Waals surface area contributed by atoms with Crippen LogP contribution in [0.4, 0.5) is 5.69 Å². The second-order valence-corrected chi connectivity index (χ2v) is 10.3. The summed E-state index contributed by atoms with van der Waals surface area (Å²) in [5, 5.41) is 11.5. The molecule has 2 aromatic carbocycles. The second kappa shape index (κ2) is 11.6. The van der Waals surface area contributed by atoms with Crippen molar-refractivity contribution in [2.24, 2.45) is 10.9 Å².